The lowest BCUT2D eigenvalue weighted by atomic mass is 10.0. The second-order valence-electron chi connectivity index (χ2n) is 6.67. The van der Waals surface area contributed by atoms with Crippen molar-refractivity contribution in [3.05, 3.63) is 30.2 Å². The first-order chi connectivity index (χ1) is 11.7. The molecule has 0 bridgehead atoms. The normalized spacial score (nSPS) is 23.5. The number of aromatic nitrogens is 5. The van der Waals surface area contributed by atoms with Crippen LogP contribution in [0.1, 0.15) is 50.0 Å². The molecule has 0 saturated heterocycles. The molecule has 0 aliphatic heterocycles. The zero-order valence-corrected chi connectivity index (χ0v) is 14.4. The number of aliphatic hydroxyl groups excluding tert-OH is 1. The summed E-state index contributed by atoms with van der Waals surface area (Å²) in [6, 6.07) is 2.01. The van der Waals surface area contributed by atoms with E-state index < -0.39 is 0 Å². The highest BCUT2D eigenvalue weighted by Crippen LogP contribution is 2.37. The van der Waals surface area contributed by atoms with Crippen LogP contribution in [0.2, 0.25) is 0 Å². The first kappa shape index (κ1) is 16.8. The third kappa shape index (κ3) is 3.90. The van der Waals surface area contributed by atoms with Crippen molar-refractivity contribution < 1.29 is 5.11 Å². The molecule has 130 valence electrons. The van der Waals surface area contributed by atoms with Crippen LogP contribution in [-0.4, -0.2) is 42.5 Å². The molecule has 3 rings (SSSR count). The zero-order chi connectivity index (χ0) is 16.9. The van der Waals surface area contributed by atoms with E-state index in [1.165, 1.54) is 0 Å². The van der Waals surface area contributed by atoms with Gasteiger partial charge >= 0.3 is 0 Å². The molecule has 0 unspecified atom stereocenters. The summed E-state index contributed by atoms with van der Waals surface area (Å²) in [6.07, 6.45) is 7.93. The molecule has 3 atom stereocenters. The predicted molar refractivity (Wildman–Crippen MR) is 91.6 cm³/mol. The quantitative estimate of drug-likeness (QED) is 0.806. The Kier molecular flexibility index (Phi) is 5.40. The van der Waals surface area contributed by atoms with Gasteiger partial charge in [-0.05, 0) is 25.7 Å². The van der Waals surface area contributed by atoms with E-state index in [1.54, 1.807) is 12.7 Å². The number of aryl methyl sites for hydroxylation is 2. The summed E-state index contributed by atoms with van der Waals surface area (Å²) in [6.45, 7) is 2.88. The maximum Gasteiger partial charge on any atom is 0.135 e. The van der Waals surface area contributed by atoms with Crippen LogP contribution in [0.5, 0.6) is 0 Å². The monoisotopic (exact) mass is 330 g/mol. The van der Waals surface area contributed by atoms with Gasteiger partial charge in [-0.2, -0.15) is 0 Å². The first-order valence-corrected chi connectivity index (χ1v) is 8.74. The smallest absolute Gasteiger partial charge is 0.135 e. The molecule has 2 aromatic heterocycles. The lowest BCUT2D eigenvalue weighted by Crippen LogP contribution is -2.22. The molecular formula is C17H26N6O. The maximum atomic E-state index is 10.4. The molecule has 24 heavy (non-hydrogen) atoms. The molecular weight excluding hydrogens is 304 g/mol. The van der Waals surface area contributed by atoms with Gasteiger partial charge in [0, 0.05) is 37.2 Å². The van der Waals surface area contributed by atoms with Crippen molar-refractivity contribution in [2.45, 2.75) is 51.0 Å². The Balaban J connectivity index is 1.56. The predicted octanol–water partition coefficient (Wildman–Crippen LogP) is 1.91. The van der Waals surface area contributed by atoms with Gasteiger partial charge in [0.15, 0.2) is 0 Å². The topological polar surface area (TPSA) is 88.8 Å². The van der Waals surface area contributed by atoms with Gasteiger partial charge in [-0.1, -0.05) is 13.3 Å². The Bertz CT molecular complexity index is 658. The molecule has 1 aliphatic carbocycles. The summed E-state index contributed by atoms with van der Waals surface area (Å²) >= 11 is 0. The van der Waals surface area contributed by atoms with Gasteiger partial charge < -0.3 is 15.0 Å². The van der Waals surface area contributed by atoms with E-state index in [9.17, 15) is 5.11 Å². The molecule has 2 N–H and O–H groups in total. The number of hydrogen-bond acceptors (Lipinski definition) is 6. The van der Waals surface area contributed by atoms with Crippen molar-refractivity contribution in [3.8, 4) is 0 Å². The fourth-order valence-electron chi connectivity index (χ4n) is 3.42. The zero-order valence-electron chi connectivity index (χ0n) is 14.4. The number of nitrogens with one attached hydrogen (secondary N) is 1. The van der Waals surface area contributed by atoms with Gasteiger partial charge in [0.2, 0.25) is 0 Å². The van der Waals surface area contributed by atoms with Crippen LogP contribution in [0.4, 0.5) is 5.82 Å². The average Bonchev–Trinajstić information content (AvgIpc) is 3.17. The van der Waals surface area contributed by atoms with Crippen molar-refractivity contribution in [1.29, 1.82) is 0 Å². The highest BCUT2D eigenvalue weighted by atomic mass is 16.3. The summed E-state index contributed by atoms with van der Waals surface area (Å²) < 4.78 is 1.94. The molecule has 1 saturated carbocycles. The fraction of sp³-hybridized carbons (Fsp3) is 0.647. The number of anilines is 1. The van der Waals surface area contributed by atoms with Crippen molar-refractivity contribution in [2.75, 3.05) is 11.9 Å². The van der Waals surface area contributed by atoms with Crippen LogP contribution in [0.25, 0.3) is 0 Å². The van der Waals surface area contributed by atoms with Crippen molar-refractivity contribution in [2.24, 2.45) is 13.0 Å². The minimum absolute atomic E-state index is 0.195. The Morgan fingerprint density at radius 1 is 1.33 bits per heavy atom. The summed E-state index contributed by atoms with van der Waals surface area (Å²) in [5.74, 6) is 2.26. The summed E-state index contributed by atoms with van der Waals surface area (Å²) in [4.78, 5) is 8.59. The molecule has 0 amide bonds. The highest BCUT2D eigenvalue weighted by molar-refractivity contribution is 5.35. The van der Waals surface area contributed by atoms with Gasteiger partial charge in [0.05, 0.1) is 6.10 Å². The van der Waals surface area contributed by atoms with E-state index in [1.807, 2.05) is 17.7 Å². The maximum absolute atomic E-state index is 10.4. The largest absolute Gasteiger partial charge is 0.393 e. The Labute approximate surface area is 142 Å². The van der Waals surface area contributed by atoms with Gasteiger partial charge in [-0.25, -0.2) is 9.97 Å². The van der Waals surface area contributed by atoms with Gasteiger partial charge in [-0.15, -0.1) is 10.2 Å². The van der Waals surface area contributed by atoms with E-state index in [0.717, 1.165) is 49.4 Å². The summed E-state index contributed by atoms with van der Waals surface area (Å²) in [5.41, 5.74) is 1.07. The van der Waals surface area contributed by atoms with Gasteiger partial charge in [0.1, 0.15) is 24.3 Å². The number of rotatable bonds is 7. The van der Waals surface area contributed by atoms with Crippen LogP contribution in [0, 0.1) is 5.92 Å². The van der Waals surface area contributed by atoms with Crippen LogP contribution < -0.4 is 5.32 Å². The van der Waals surface area contributed by atoms with E-state index in [0.29, 0.717) is 6.54 Å². The Morgan fingerprint density at radius 2 is 2.21 bits per heavy atom. The first-order valence-electron chi connectivity index (χ1n) is 8.74. The van der Waals surface area contributed by atoms with E-state index in [4.69, 9.17) is 0 Å². The van der Waals surface area contributed by atoms with E-state index in [-0.39, 0.29) is 17.9 Å². The second kappa shape index (κ2) is 7.70. The fourth-order valence-corrected chi connectivity index (χ4v) is 3.42. The molecule has 2 heterocycles. The van der Waals surface area contributed by atoms with Crippen molar-refractivity contribution in [3.63, 3.8) is 0 Å². The molecule has 0 radical (unpaired) electrons. The summed E-state index contributed by atoms with van der Waals surface area (Å²) in [7, 11) is 1.95. The number of hydrogen-bond donors (Lipinski definition) is 2. The van der Waals surface area contributed by atoms with Crippen molar-refractivity contribution in [1.82, 2.24) is 24.7 Å². The van der Waals surface area contributed by atoms with E-state index in [2.05, 4.69) is 32.4 Å². The lowest BCUT2D eigenvalue weighted by Gasteiger charge is -2.15. The molecule has 7 nitrogen and oxygen atoms in total. The SMILES string of the molecule is CCCCc1cc(NC[C@H]2C[C@H](c3nncn3C)C[C@H]2O)ncn1. The molecule has 0 aromatic carbocycles. The third-order valence-electron chi connectivity index (χ3n) is 4.82. The molecule has 0 spiro atoms. The summed E-state index contributed by atoms with van der Waals surface area (Å²) in [5, 5.41) is 21.9. The van der Waals surface area contributed by atoms with E-state index >= 15 is 0 Å². The molecule has 2 aromatic rings. The minimum Gasteiger partial charge on any atom is -0.393 e. The van der Waals surface area contributed by atoms with Gasteiger partial charge in [-0.3, -0.25) is 0 Å². The minimum atomic E-state index is -0.319. The molecule has 7 heteroatoms. The van der Waals surface area contributed by atoms with Crippen LogP contribution in [0.3, 0.4) is 0 Å². The van der Waals surface area contributed by atoms with Crippen LogP contribution in [0.15, 0.2) is 18.7 Å². The molecule has 1 fully saturated rings. The average molecular weight is 330 g/mol. The molecule has 1 aliphatic rings. The third-order valence-corrected chi connectivity index (χ3v) is 4.82. The Morgan fingerprint density at radius 3 is 2.96 bits per heavy atom. The van der Waals surface area contributed by atoms with Crippen LogP contribution >= 0.6 is 0 Å². The Hall–Kier alpha value is -2.02. The number of aliphatic hydroxyl groups is 1. The standard InChI is InChI=1S/C17H26N6O/c1-3-4-5-14-8-16(20-10-19-14)18-9-13-6-12(7-15(13)24)17-22-21-11-23(17)2/h8,10-13,15,24H,3-7,9H2,1-2H3,(H,18,19,20)/t12-,13+,15+/m0/s1. The number of unbranched alkanes of at least 4 members (excludes halogenated alkanes) is 1. The van der Waals surface area contributed by atoms with Crippen molar-refractivity contribution >= 4 is 5.82 Å². The van der Waals surface area contributed by atoms with Gasteiger partial charge in [0.25, 0.3) is 0 Å². The second-order valence-corrected chi connectivity index (χ2v) is 6.67. The number of nitrogens with zero attached hydrogens (tertiary/aromatic N) is 5. The van der Waals surface area contributed by atoms with Crippen LogP contribution in [-0.2, 0) is 13.5 Å². The highest BCUT2D eigenvalue weighted by Gasteiger charge is 2.35. The lowest BCUT2D eigenvalue weighted by molar-refractivity contribution is 0.137.